The number of imide groups is 1. The van der Waals surface area contributed by atoms with Crippen LogP contribution in [-0.4, -0.2) is 42.1 Å². The molecule has 1 aromatic carbocycles. The van der Waals surface area contributed by atoms with Crippen LogP contribution in [0.25, 0.3) is 0 Å². The van der Waals surface area contributed by atoms with Gasteiger partial charge in [-0.2, -0.15) is 0 Å². The van der Waals surface area contributed by atoms with Crippen LogP contribution in [0.15, 0.2) is 35.5 Å². The van der Waals surface area contributed by atoms with Crippen LogP contribution in [0.1, 0.15) is 37.0 Å². The molecule has 2 aliphatic heterocycles. The molecule has 28 heavy (non-hydrogen) atoms. The van der Waals surface area contributed by atoms with E-state index >= 15 is 0 Å². The summed E-state index contributed by atoms with van der Waals surface area (Å²) in [5.74, 6) is -2.87. The molecule has 146 valence electrons. The van der Waals surface area contributed by atoms with Crippen molar-refractivity contribution < 1.29 is 24.0 Å². The molecule has 0 saturated carbocycles. The molecule has 0 radical (unpaired) electrons. The lowest BCUT2D eigenvalue weighted by Crippen LogP contribution is -2.52. The maximum absolute atomic E-state index is 12.6. The normalized spacial score (nSPS) is 18.6. The Morgan fingerprint density at radius 1 is 1.18 bits per heavy atom. The van der Waals surface area contributed by atoms with Gasteiger partial charge in [-0.15, -0.1) is 0 Å². The van der Waals surface area contributed by atoms with E-state index < -0.39 is 42.1 Å². The number of hydrogen-bond acceptors (Lipinski definition) is 5. The van der Waals surface area contributed by atoms with E-state index in [0.29, 0.717) is 17.8 Å². The number of carbonyl (C=O) groups is 5. The van der Waals surface area contributed by atoms with Gasteiger partial charge in [0.15, 0.2) is 0 Å². The first-order valence-electron chi connectivity index (χ1n) is 8.91. The fraction of sp³-hybridized carbons (Fsp3) is 0.316. The van der Waals surface area contributed by atoms with Gasteiger partial charge in [0, 0.05) is 5.70 Å². The minimum absolute atomic E-state index is 0.229. The standard InChI is InChI=1S/C19H20N4O5/c1-3-6-12-15(10(2)20-19(28)21-12)17(26)22-14(24)9-23-13-8-5-4-7-11(13)16(25)18(23)27/h4-5,7-8,12H,3,6,9H2,1-2H3,(H2,20,21,28)(H,22,24,26). The number of hydrogen-bond donors (Lipinski definition) is 3. The number of rotatable bonds is 5. The second kappa shape index (κ2) is 7.63. The molecule has 2 heterocycles. The third kappa shape index (κ3) is 3.51. The lowest BCUT2D eigenvalue weighted by Gasteiger charge is -2.28. The third-order valence-electron chi connectivity index (χ3n) is 4.61. The Hall–Kier alpha value is -3.49. The van der Waals surface area contributed by atoms with Crippen molar-refractivity contribution in [2.24, 2.45) is 0 Å². The number of Topliss-reactive ketones (excluding diaryl/α,β-unsaturated/α-hetero) is 1. The zero-order chi connectivity index (χ0) is 20.4. The first-order chi connectivity index (χ1) is 13.3. The highest BCUT2D eigenvalue weighted by atomic mass is 16.2. The topological polar surface area (TPSA) is 125 Å². The van der Waals surface area contributed by atoms with E-state index in [1.165, 1.54) is 6.07 Å². The van der Waals surface area contributed by atoms with Crippen LogP contribution in [0.3, 0.4) is 0 Å². The van der Waals surface area contributed by atoms with E-state index in [2.05, 4.69) is 16.0 Å². The highest BCUT2D eigenvalue weighted by Crippen LogP contribution is 2.28. The number of fused-ring (bicyclic) bond motifs is 1. The Bertz CT molecular complexity index is 921. The predicted molar refractivity (Wildman–Crippen MR) is 99.3 cm³/mol. The van der Waals surface area contributed by atoms with Crippen molar-refractivity contribution in [3.63, 3.8) is 0 Å². The molecule has 9 nitrogen and oxygen atoms in total. The van der Waals surface area contributed by atoms with Gasteiger partial charge in [0.1, 0.15) is 6.54 Å². The molecule has 1 aromatic rings. The van der Waals surface area contributed by atoms with Gasteiger partial charge in [0.25, 0.3) is 17.6 Å². The maximum atomic E-state index is 12.6. The third-order valence-corrected chi connectivity index (χ3v) is 4.61. The van der Waals surface area contributed by atoms with Crippen molar-refractivity contribution in [2.45, 2.75) is 32.7 Å². The first-order valence-corrected chi connectivity index (χ1v) is 8.91. The second-order valence-corrected chi connectivity index (χ2v) is 6.59. The highest BCUT2D eigenvalue weighted by molar-refractivity contribution is 6.52. The summed E-state index contributed by atoms with van der Waals surface area (Å²) < 4.78 is 0. The molecular formula is C19H20N4O5. The molecule has 3 N–H and O–H groups in total. The molecule has 0 saturated heterocycles. The largest absolute Gasteiger partial charge is 0.331 e. The van der Waals surface area contributed by atoms with Gasteiger partial charge < -0.3 is 10.6 Å². The fourth-order valence-electron chi connectivity index (χ4n) is 3.38. The Morgan fingerprint density at radius 3 is 2.61 bits per heavy atom. The minimum atomic E-state index is -0.811. The van der Waals surface area contributed by atoms with Crippen LogP contribution in [0.2, 0.25) is 0 Å². The van der Waals surface area contributed by atoms with Crippen molar-refractivity contribution in [3.05, 3.63) is 41.1 Å². The van der Waals surface area contributed by atoms with Gasteiger partial charge in [-0.05, 0) is 25.5 Å². The summed E-state index contributed by atoms with van der Waals surface area (Å²) in [6, 6.07) is 5.44. The van der Waals surface area contributed by atoms with Crippen molar-refractivity contribution in [1.29, 1.82) is 0 Å². The Labute approximate surface area is 161 Å². The maximum Gasteiger partial charge on any atom is 0.319 e. The van der Waals surface area contributed by atoms with E-state index in [9.17, 15) is 24.0 Å². The van der Waals surface area contributed by atoms with Crippen molar-refractivity contribution in [3.8, 4) is 0 Å². The molecule has 1 atom stereocenters. The van der Waals surface area contributed by atoms with Gasteiger partial charge in [0.05, 0.1) is 22.9 Å². The van der Waals surface area contributed by atoms with Gasteiger partial charge in [-0.3, -0.25) is 29.4 Å². The number of para-hydroxylation sites is 1. The van der Waals surface area contributed by atoms with E-state index in [4.69, 9.17) is 0 Å². The number of nitrogens with one attached hydrogen (secondary N) is 3. The average Bonchev–Trinajstić information content (AvgIpc) is 2.86. The van der Waals surface area contributed by atoms with Crippen molar-refractivity contribution in [2.75, 3.05) is 11.4 Å². The number of urea groups is 1. The monoisotopic (exact) mass is 384 g/mol. The quantitative estimate of drug-likeness (QED) is 0.642. The summed E-state index contributed by atoms with van der Waals surface area (Å²) >= 11 is 0. The summed E-state index contributed by atoms with van der Waals surface area (Å²) in [5, 5.41) is 7.42. The molecule has 3 rings (SSSR count). The fourth-order valence-corrected chi connectivity index (χ4v) is 3.38. The van der Waals surface area contributed by atoms with E-state index in [0.717, 1.165) is 11.3 Å². The van der Waals surface area contributed by atoms with Crippen molar-refractivity contribution >= 4 is 35.2 Å². The highest BCUT2D eigenvalue weighted by Gasteiger charge is 2.37. The zero-order valence-corrected chi connectivity index (χ0v) is 15.5. The summed E-state index contributed by atoms with van der Waals surface area (Å²) in [6.07, 6.45) is 1.26. The molecule has 2 aliphatic rings. The Balaban J connectivity index is 1.74. The SMILES string of the molecule is CCCC1NC(=O)NC(C)=C1C(=O)NC(=O)CN1C(=O)C(=O)c2ccccc21. The van der Waals surface area contributed by atoms with Gasteiger partial charge in [0.2, 0.25) is 5.91 Å². The number of amides is 5. The number of allylic oxidation sites excluding steroid dienone is 1. The minimum Gasteiger partial charge on any atom is -0.331 e. The van der Waals surface area contributed by atoms with Gasteiger partial charge in [-0.25, -0.2) is 4.79 Å². The zero-order valence-electron chi connectivity index (χ0n) is 15.5. The molecule has 0 fully saturated rings. The smallest absolute Gasteiger partial charge is 0.319 e. The average molecular weight is 384 g/mol. The number of anilines is 1. The Morgan fingerprint density at radius 2 is 1.89 bits per heavy atom. The van der Waals surface area contributed by atoms with Crippen molar-refractivity contribution in [1.82, 2.24) is 16.0 Å². The lowest BCUT2D eigenvalue weighted by atomic mass is 9.98. The molecule has 0 aliphatic carbocycles. The van der Waals surface area contributed by atoms with Gasteiger partial charge >= 0.3 is 6.03 Å². The number of ketones is 1. The van der Waals surface area contributed by atoms with Crippen LogP contribution < -0.4 is 20.9 Å². The van der Waals surface area contributed by atoms with Gasteiger partial charge in [-0.1, -0.05) is 25.5 Å². The lowest BCUT2D eigenvalue weighted by molar-refractivity contribution is -0.128. The summed E-state index contributed by atoms with van der Waals surface area (Å²) in [7, 11) is 0. The van der Waals surface area contributed by atoms with E-state index in [1.54, 1.807) is 25.1 Å². The summed E-state index contributed by atoms with van der Waals surface area (Å²) in [6.45, 7) is 3.04. The van der Waals surface area contributed by atoms with E-state index in [-0.39, 0.29) is 11.1 Å². The molecule has 5 amide bonds. The molecular weight excluding hydrogens is 364 g/mol. The van der Waals surface area contributed by atoms with Crippen LogP contribution in [0.4, 0.5) is 10.5 Å². The summed E-state index contributed by atoms with van der Waals surface area (Å²) in [5.41, 5.74) is 1.20. The van der Waals surface area contributed by atoms with Crippen LogP contribution in [0.5, 0.6) is 0 Å². The molecule has 0 aromatic heterocycles. The number of nitrogens with zero attached hydrogens (tertiary/aromatic N) is 1. The number of carbonyl (C=O) groups excluding carboxylic acids is 5. The molecule has 0 bridgehead atoms. The molecule has 0 spiro atoms. The second-order valence-electron chi connectivity index (χ2n) is 6.59. The Kier molecular flexibility index (Phi) is 5.25. The summed E-state index contributed by atoms with van der Waals surface area (Å²) in [4.78, 5) is 61.8. The number of benzene rings is 1. The van der Waals surface area contributed by atoms with Crippen LogP contribution in [-0.2, 0) is 14.4 Å². The van der Waals surface area contributed by atoms with Crippen LogP contribution >= 0.6 is 0 Å². The predicted octanol–water partition coefficient (Wildman–Crippen LogP) is 0.614. The van der Waals surface area contributed by atoms with Crippen LogP contribution in [0, 0.1) is 0 Å². The molecule has 9 heteroatoms. The molecule has 1 unspecified atom stereocenters. The van der Waals surface area contributed by atoms with E-state index in [1.807, 2.05) is 6.92 Å². The first kappa shape index (κ1) is 19.3.